The summed E-state index contributed by atoms with van der Waals surface area (Å²) in [4.78, 5) is 13.5. The Morgan fingerprint density at radius 1 is 0.977 bits per heavy atom. The highest BCUT2D eigenvalue weighted by atomic mass is 32.2. The fourth-order valence-electron chi connectivity index (χ4n) is 5.57. The summed E-state index contributed by atoms with van der Waals surface area (Å²) in [5, 5.41) is 2.23. The van der Waals surface area contributed by atoms with Gasteiger partial charge in [-0.05, 0) is 65.6 Å². The predicted molar refractivity (Wildman–Crippen MR) is 164 cm³/mol. The maximum atomic E-state index is 13.7. The van der Waals surface area contributed by atoms with Crippen molar-refractivity contribution in [2.24, 2.45) is 0 Å². The van der Waals surface area contributed by atoms with Crippen LogP contribution < -0.4 is 9.62 Å². The van der Waals surface area contributed by atoms with Crippen molar-refractivity contribution in [3.8, 4) is 22.5 Å². The SMILES string of the molecule is CNC(=O)c1c(-c2ccc(F)cc2)oc2cc(N(C)S(C)(=O)=O)c(-c3cccc(C4Cc5ccccc5S4(=O)=O)c3)cc12. The van der Waals surface area contributed by atoms with Crippen LogP contribution in [0.3, 0.4) is 0 Å². The van der Waals surface area contributed by atoms with Gasteiger partial charge in [0.2, 0.25) is 10.0 Å². The Morgan fingerprint density at radius 3 is 2.37 bits per heavy atom. The van der Waals surface area contributed by atoms with Gasteiger partial charge in [-0.15, -0.1) is 0 Å². The minimum Gasteiger partial charge on any atom is -0.455 e. The normalized spacial score (nSPS) is 15.8. The van der Waals surface area contributed by atoms with Crippen molar-refractivity contribution in [1.82, 2.24) is 5.32 Å². The first-order valence-electron chi connectivity index (χ1n) is 13.3. The third-order valence-corrected chi connectivity index (χ3v) is 11.2. The number of carbonyl (C=O) groups excluding carboxylic acids is 1. The van der Waals surface area contributed by atoms with E-state index in [9.17, 15) is 26.0 Å². The van der Waals surface area contributed by atoms with Gasteiger partial charge in [0.05, 0.1) is 27.7 Å². The van der Waals surface area contributed by atoms with Gasteiger partial charge in [-0.3, -0.25) is 9.10 Å². The molecule has 11 heteroatoms. The summed E-state index contributed by atoms with van der Waals surface area (Å²) in [5.41, 5.74) is 3.50. The second-order valence-electron chi connectivity index (χ2n) is 10.5. The number of anilines is 1. The number of hydrogen-bond donors (Lipinski definition) is 1. The molecule has 4 aromatic carbocycles. The standard InChI is InChI=1S/C32H27FN2O6S2/c1-34-32(36)30-25-17-24(20-8-6-9-21(15-20)29-16-22-7-4-5-10-28(22)43(29,39)40)26(35(2)42(3,37)38)18-27(25)41-31(30)19-11-13-23(33)14-12-19/h4-15,17-18,29H,16H2,1-3H3,(H,34,36). The summed E-state index contributed by atoms with van der Waals surface area (Å²) in [5.74, 6) is -0.701. The number of halogens is 1. The molecule has 0 saturated carbocycles. The highest BCUT2D eigenvalue weighted by Crippen LogP contribution is 2.44. The first kappa shape index (κ1) is 28.6. The maximum absolute atomic E-state index is 13.7. The number of furan rings is 1. The van der Waals surface area contributed by atoms with Gasteiger partial charge in [0.25, 0.3) is 5.91 Å². The lowest BCUT2D eigenvalue weighted by Crippen LogP contribution is -2.25. The molecule has 1 aromatic heterocycles. The number of sulfone groups is 1. The van der Waals surface area contributed by atoms with Crippen molar-refractivity contribution in [3.05, 3.63) is 107 Å². The van der Waals surface area contributed by atoms with Crippen molar-refractivity contribution in [1.29, 1.82) is 0 Å². The quantitative estimate of drug-likeness (QED) is 0.260. The molecule has 0 aliphatic carbocycles. The molecule has 0 fully saturated rings. The van der Waals surface area contributed by atoms with Crippen molar-refractivity contribution in [2.45, 2.75) is 16.6 Å². The monoisotopic (exact) mass is 618 g/mol. The number of fused-ring (bicyclic) bond motifs is 2. The van der Waals surface area contributed by atoms with E-state index in [1.807, 2.05) is 12.1 Å². The Kier molecular flexibility index (Phi) is 6.89. The van der Waals surface area contributed by atoms with Crippen molar-refractivity contribution in [3.63, 3.8) is 0 Å². The molecule has 5 aromatic rings. The number of hydrogen-bond acceptors (Lipinski definition) is 6. The molecule has 43 heavy (non-hydrogen) atoms. The predicted octanol–water partition coefficient (Wildman–Crippen LogP) is 5.73. The topological polar surface area (TPSA) is 114 Å². The molecule has 0 radical (unpaired) electrons. The first-order chi connectivity index (χ1) is 20.4. The molecular formula is C32H27FN2O6S2. The van der Waals surface area contributed by atoms with Crippen molar-refractivity contribution >= 4 is 42.4 Å². The molecule has 1 aliphatic rings. The molecular weight excluding hydrogens is 591 g/mol. The van der Waals surface area contributed by atoms with Crippen LogP contribution in [0.2, 0.25) is 0 Å². The van der Waals surface area contributed by atoms with E-state index in [-0.39, 0.29) is 22.6 Å². The van der Waals surface area contributed by atoms with E-state index in [1.165, 1.54) is 38.4 Å². The van der Waals surface area contributed by atoms with Gasteiger partial charge >= 0.3 is 0 Å². The highest BCUT2D eigenvalue weighted by molar-refractivity contribution is 7.92. The Bertz CT molecular complexity index is 2140. The number of rotatable bonds is 6. The van der Waals surface area contributed by atoms with E-state index >= 15 is 0 Å². The molecule has 1 N–H and O–H groups in total. The lowest BCUT2D eigenvalue weighted by atomic mass is 9.96. The Balaban J connectivity index is 1.58. The van der Waals surface area contributed by atoms with Gasteiger partial charge in [0.1, 0.15) is 17.2 Å². The average Bonchev–Trinajstić information content (AvgIpc) is 3.49. The zero-order valence-electron chi connectivity index (χ0n) is 23.5. The van der Waals surface area contributed by atoms with E-state index in [1.54, 1.807) is 48.5 Å². The van der Waals surface area contributed by atoms with Crippen LogP contribution in [0.15, 0.2) is 94.2 Å². The average molecular weight is 619 g/mol. The first-order valence-corrected chi connectivity index (χ1v) is 16.7. The van der Waals surface area contributed by atoms with Gasteiger partial charge in [0.15, 0.2) is 9.84 Å². The number of amides is 1. The number of nitrogens with one attached hydrogen (secondary N) is 1. The smallest absolute Gasteiger partial charge is 0.255 e. The van der Waals surface area contributed by atoms with E-state index in [4.69, 9.17) is 4.42 Å². The summed E-state index contributed by atoms with van der Waals surface area (Å²) in [7, 11) is -4.49. The molecule has 1 amide bonds. The largest absolute Gasteiger partial charge is 0.455 e. The van der Waals surface area contributed by atoms with Crippen LogP contribution in [0.4, 0.5) is 10.1 Å². The van der Waals surface area contributed by atoms with Crippen LogP contribution in [0.5, 0.6) is 0 Å². The number of carbonyl (C=O) groups is 1. The summed E-state index contributed by atoms with van der Waals surface area (Å²) in [6.45, 7) is 0. The summed E-state index contributed by atoms with van der Waals surface area (Å²) in [6, 6.07) is 22.6. The van der Waals surface area contributed by atoms with Crippen LogP contribution in [-0.2, 0) is 26.3 Å². The van der Waals surface area contributed by atoms with Gasteiger partial charge in [-0.1, -0.05) is 36.4 Å². The lowest BCUT2D eigenvalue weighted by Gasteiger charge is -2.21. The maximum Gasteiger partial charge on any atom is 0.255 e. The number of nitrogens with zero attached hydrogens (tertiary/aromatic N) is 1. The number of benzene rings is 4. The molecule has 2 heterocycles. The lowest BCUT2D eigenvalue weighted by molar-refractivity contribution is 0.0964. The minimum absolute atomic E-state index is 0.197. The van der Waals surface area contributed by atoms with Crippen molar-refractivity contribution < 1.29 is 30.4 Å². The van der Waals surface area contributed by atoms with Crippen LogP contribution in [0.25, 0.3) is 33.4 Å². The zero-order valence-corrected chi connectivity index (χ0v) is 25.1. The summed E-state index contributed by atoms with van der Waals surface area (Å²) < 4.78 is 73.3. The summed E-state index contributed by atoms with van der Waals surface area (Å²) in [6.07, 6.45) is 1.39. The van der Waals surface area contributed by atoms with Gasteiger partial charge in [0, 0.05) is 36.7 Å². The molecule has 8 nitrogen and oxygen atoms in total. The zero-order chi connectivity index (χ0) is 30.7. The van der Waals surface area contributed by atoms with Crippen molar-refractivity contribution in [2.75, 3.05) is 24.7 Å². The molecule has 1 atom stereocenters. The van der Waals surface area contributed by atoms with Gasteiger partial charge < -0.3 is 9.73 Å². The molecule has 0 spiro atoms. The van der Waals surface area contributed by atoms with E-state index in [2.05, 4.69) is 5.32 Å². The molecule has 1 unspecified atom stereocenters. The molecule has 220 valence electrons. The Hall–Kier alpha value is -4.48. The minimum atomic E-state index is -3.74. The van der Waals surface area contributed by atoms with Crippen LogP contribution in [0.1, 0.15) is 26.7 Å². The van der Waals surface area contributed by atoms with E-state index in [0.29, 0.717) is 39.0 Å². The second kappa shape index (κ2) is 10.4. The highest BCUT2D eigenvalue weighted by Gasteiger charge is 2.38. The molecule has 1 aliphatic heterocycles. The van der Waals surface area contributed by atoms with E-state index in [0.717, 1.165) is 16.1 Å². The third kappa shape index (κ3) is 4.88. The molecule has 0 bridgehead atoms. The molecule has 6 rings (SSSR count). The van der Waals surface area contributed by atoms with Gasteiger partial charge in [-0.2, -0.15) is 0 Å². The Morgan fingerprint density at radius 2 is 1.70 bits per heavy atom. The third-order valence-electron chi connectivity index (χ3n) is 7.83. The fourth-order valence-corrected chi connectivity index (χ4v) is 8.08. The number of sulfonamides is 1. The van der Waals surface area contributed by atoms with E-state index < -0.39 is 36.8 Å². The van der Waals surface area contributed by atoms with Crippen LogP contribution >= 0.6 is 0 Å². The Labute approximate surface area is 248 Å². The van der Waals surface area contributed by atoms with Gasteiger partial charge in [-0.25, -0.2) is 21.2 Å². The van der Waals surface area contributed by atoms with Crippen LogP contribution in [-0.4, -0.2) is 43.1 Å². The second-order valence-corrected chi connectivity index (χ2v) is 14.6. The van der Waals surface area contributed by atoms with Crippen LogP contribution in [0, 0.1) is 5.82 Å². The summed E-state index contributed by atoms with van der Waals surface area (Å²) >= 11 is 0. The molecule has 0 saturated heterocycles. The fraction of sp³-hybridized carbons (Fsp3) is 0.156.